The van der Waals surface area contributed by atoms with Gasteiger partial charge in [-0.2, -0.15) is 0 Å². The Morgan fingerprint density at radius 2 is 1.59 bits per heavy atom. The topological polar surface area (TPSA) is 91.3 Å². The Balaban J connectivity index is 1.33. The fourth-order valence-corrected chi connectivity index (χ4v) is 11.3. The van der Waals surface area contributed by atoms with Crippen LogP contribution in [0.5, 0.6) is 0 Å². The van der Waals surface area contributed by atoms with Gasteiger partial charge in [0.15, 0.2) is 5.79 Å². The van der Waals surface area contributed by atoms with E-state index >= 15 is 0 Å². The molecule has 2 aliphatic heterocycles. The summed E-state index contributed by atoms with van der Waals surface area (Å²) >= 11 is 0. The maximum atomic E-state index is 12.5. The van der Waals surface area contributed by atoms with E-state index in [4.69, 9.17) is 18.9 Å². The maximum Gasteiger partial charge on any atom is 0.302 e. The molecule has 2 heterocycles. The summed E-state index contributed by atoms with van der Waals surface area (Å²) in [5, 5.41) is 12.4. The van der Waals surface area contributed by atoms with E-state index < -0.39 is 11.4 Å². The highest BCUT2D eigenvalue weighted by Gasteiger charge is 2.77. The second-order valence-corrected chi connectivity index (χ2v) is 15.5. The number of hydrogen-bond acceptors (Lipinski definition) is 7. The molecule has 0 aromatic heterocycles. The van der Waals surface area contributed by atoms with Gasteiger partial charge < -0.3 is 24.1 Å². The van der Waals surface area contributed by atoms with Crippen molar-refractivity contribution in [3.8, 4) is 0 Å². The molecule has 1 spiro atoms. The van der Waals surface area contributed by atoms with Crippen molar-refractivity contribution in [2.45, 2.75) is 142 Å². The lowest BCUT2D eigenvalue weighted by molar-refractivity contribution is -0.300. The predicted octanol–water partition coefficient (Wildman–Crippen LogP) is 5.41. The highest BCUT2D eigenvalue weighted by atomic mass is 16.7. The van der Waals surface area contributed by atoms with Gasteiger partial charge in [-0.25, -0.2) is 0 Å². The van der Waals surface area contributed by atoms with Crippen molar-refractivity contribution >= 4 is 11.9 Å². The Bertz CT molecular complexity index is 1040. The number of esters is 2. The molecule has 0 aromatic carbocycles. The van der Waals surface area contributed by atoms with E-state index in [1.807, 2.05) is 6.92 Å². The first-order valence-corrected chi connectivity index (χ1v) is 15.5. The number of aliphatic hydroxyl groups is 1. The van der Waals surface area contributed by atoms with Gasteiger partial charge in [0, 0.05) is 32.1 Å². The first-order valence-electron chi connectivity index (χ1n) is 15.5. The van der Waals surface area contributed by atoms with Crippen molar-refractivity contribution < 1.29 is 33.6 Å². The highest BCUT2D eigenvalue weighted by molar-refractivity contribution is 5.66. The molecule has 2 saturated heterocycles. The molecule has 0 amide bonds. The standard InChI is InChI=1S/C32H50O7/c1-17-15-32(39-28(17,4)5)31(8,35)27-24(38-32)14-23-22-10-9-20-13-21(36-18(2)33)11-12-29(20,6)26(22)25(37-19(3)34)16-30(23,27)7/h17,20-27,35H,9-16H2,1-8H3/t17-,20?,21+,22?,23?,24-,25-,26?,27?,29-,30-,31?,32?/m0/s1. The van der Waals surface area contributed by atoms with Gasteiger partial charge in [0.05, 0.1) is 11.7 Å². The fourth-order valence-electron chi connectivity index (χ4n) is 11.3. The van der Waals surface area contributed by atoms with Crippen LogP contribution in [0.3, 0.4) is 0 Å². The van der Waals surface area contributed by atoms with E-state index in [1.165, 1.54) is 13.8 Å². The van der Waals surface area contributed by atoms with Crippen LogP contribution in [0.2, 0.25) is 0 Å². The lowest BCUT2D eigenvalue weighted by Crippen LogP contribution is -2.63. The molecule has 13 atom stereocenters. The van der Waals surface area contributed by atoms with E-state index in [0.29, 0.717) is 24.2 Å². The molecule has 6 aliphatic rings. The second kappa shape index (κ2) is 8.67. The zero-order valence-electron chi connectivity index (χ0n) is 25.2. The Morgan fingerprint density at radius 3 is 2.21 bits per heavy atom. The van der Waals surface area contributed by atoms with Gasteiger partial charge in [-0.3, -0.25) is 9.59 Å². The predicted molar refractivity (Wildman–Crippen MR) is 144 cm³/mol. The first-order chi connectivity index (χ1) is 18.0. The van der Waals surface area contributed by atoms with Gasteiger partial charge in [0.2, 0.25) is 0 Å². The van der Waals surface area contributed by atoms with Crippen molar-refractivity contribution in [2.24, 2.45) is 46.3 Å². The third-order valence-corrected chi connectivity index (χ3v) is 13.1. The first kappa shape index (κ1) is 28.0. The minimum absolute atomic E-state index is 0.0123. The number of hydrogen-bond donors (Lipinski definition) is 1. The summed E-state index contributed by atoms with van der Waals surface area (Å²) in [5.74, 6) is 0.267. The minimum atomic E-state index is -1.14. The van der Waals surface area contributed by atoms with Crippen LogP contribution in [0.4, 0.5) is 0 Å². The molecule has 4 aliphatic carbocycles. The average Bonchev–Trinajstić information content (AvgIpc) is 3.30. The van der Waals surface area contributed by atoms with Gasteiger partial charge in [-0.05, 0) is 100 Å². The second-order valence-electron chi connectivity index (χ2n) is 15.5. The maximum absolute atomic E-state index is 12.5. The van der Waals surface area contributed by atoms with Crippen LogP contribution in [0.1, 0.15) is 107 Å². The van der Waals surface area contributed by atoms with Crippen LogP contribution >= 0.6 is 0 Å². The highest BCUT2D eigenvalue weighted by Crippen LogP contribution is 2.73. The quantitative estimate of drug-likeness (QED) is 0.463. The summed E-state index contributed by atoms with van der Waals surface area (Å²) in [6.45, 7) is 16.1. The van der Waals surface area contributed by atoms with Crippen LogP contribution in [0.15, 0.2) is 0 Å². The molecule has 1 N–H and O–H groups in total. The molecule has 220 valence electrons. The molecular weight excluding hydrogens is 496 g/mol. The van der Waals surface area contributed by atoms with Crippen molar-refractivity contribution in [1.82, 2.24) is 0 Å². The Hall–Kier alpha value is -1.18. The summed E-state index contributed by atoms with van der Waals surface area (Å²) in [7, 11) is 0. The van der Waals surface area contributed by atoms with Crippen LogP contribution < -0.4 is 0 Å². The van der Waals surface area contributed by atoms with Gasteiger partial charge in [-0.15, -0.1) is 0 Å². The fraction of sp³-hybridized carbons (Fsp3) is 0.938. The van der Waals surface area contributed by atoms with E-state index in [2.05, 4.69) is 34.6 Å². The number of fused-ring (bicyclic) bond motifs is 7. The van der Waals surface area contributed by atoms with Crippen molar-refractivity contribution in [3.63, 3.8) is 0 Å². The Labute approximate surface area is 234 Å². The summed E-state index contributed by atoms with van der Waals surface area (Å²) in [6, 6.07) is 0. The Morgan fingerprint density at radius 1 is 0.897 bits per heavy atom. The van der Waals surface area contributed by atoms with Crippen LogP contribution in [0.25, 0.3) is 0 Å². The van der Waals surface area contributed by atoms with E-state index in [9.17, 15) is 14.7 Å². The summed E-state index contributed by atoms with van der Waals surface area (Å²) in [4.78, 5) is 24.2. The number of carbonyl (C=O) groups excluding carboxylic acids is 2. The molecule has 7 unspecified atom stereocenters. The lowest BCUT2D eigenvalue weighted by atomic mass is 9.43. The van der Waals surface area contributed by atoms with Crippen LogP contribution in [-0.2, 0) is 28.5 Å². The molecule has 0 bridgehead atoms. The molecule has 0 radical (unpaired) electrons. The molecule has 7 nitrogen and oxygen atoms in total. The van der Waals surface area contributed by atoms with E-state index in [0.717, 1.165) is 44.9 Å². The number of ether oxygens (including phenoxy) is 4. The zero-order valence-corrected chi connectivity index (χ0v) is 25.2. The molecule has 6 fully saturated rings. The SMILES string of the molecule is CC(=O)O[C@@H]1CC[C@@]2(C)C(CCC3C4C[C@@H]5OC6(C[C@H](C)C(C)(C)O6)C(C)(O)C5[C@@]4(C)C[C@H](OC(C)=O)C32)C1. The number of rotatable bonds is 2. The lowest BCUT2D eigenvalue weighted by Gasteiger charge is -2.63. The third kappa shape index (κ3) is 3.84. The Kier molecular flexibility index (Phi) is 6.22. The van der Waals surface area contributed by atoms with Gasteiger partial charge in [0.25, 0.3) is 0 Å². The van der Waals surface area contributed by atoms with Crippen LogP contribution in [0, 0.1) is 46.3 Å². The largest absolute Gasteiger partial charge is 0.463 e. The molecule has 39 heavy (non-hydrogen) atoms. The molecule has 7 heteroatoms. The minimum Gasteiger partial charge on any atom is -0.463 e. The molecule has 0 aromatic rings. The van der Waals surface area contributed by atoms with E-state index in [-0.39, 0.29) is 64.4 Å². The van der Waals surface area contributed by atoms with Gasteiger partial charge in [-0.1, -0.05) is 20.8 Å². The average molecular weight is 547 g/mol. The van der Waals surface area contributed by atoms with Crippen molar-refractivity contribution in [3.05, 3.63) is 0 Å². The van der Waals surface area contributed by atoms with Crippen LogP contribution in [-0.4, -0.2) is 52.3 Å². The third-order valence-electron chi connectivity index (χ3n) is 13.1. The van der Waals surface area contributed by atoms with Gasteiger partial charge in [0.1, 0.15) is 17.8 Å². The molecule has 6 rings (SSSR count). The molecular formula is C32H50O7. The summed E-state index contributed by atoms with van der Waals surface area (Å²) < 4.78 is 25.4. The summed E-state index contributed by atoms with van der Waals surface area (Å²) in [6.07, 6.45) is 6.96. The monoisotopic (exact) mass is 546 g/mol. The van der Waals surface area contributed by atoms with Crippen molar-refractivity contribution in [2.75, 3.05) is 0 Å². The van der Waals surface area contributed by atoms with Gasteiger partial charge >= 0.3 is 11.9 Å². The summed E-state index contributed by atoms with van der Waals surface area (Å²) in [5.41, 5.74) is -1.70. The normalized spacial score (nSPS) is 55.4. The smallest absolute Gasteiger partial charge is 0.302 e. The number of carbonyl (C=O) groups is 2. The molecule has 4 saturated carbocycles. The van der Waals surface area contributed by atoms with Crippen molar-refractivity contribution in [1.29, 1.82) is 0 Å². The van der Waals surface area contributed by atoms with E-state index in [1.54, 1.807) is 0 Å². The zero-order chi connectivity index (χ0) is 28.3.